The number of aliphatic hydroxyl groups is 1. The Morgan fingerprint density at radius 3 is 2.77 bits per heavy atom. The molecule has 0 aliphatic rings. The van der Waals surface area contributed by atoms with Crippen LogP contribution >= 0.6 is 11.6 Å². The van der Waals surface area contributed by atoms with E-state index in [0.717, 1.165) is 5.56 Å². The minimum atomic E-state index is -0.466. The van der Waals surface area contributed by atoms with E-state index in [1.54, 1.807) is 42.5 Å². The van der Waals surface area contributed by atoms with Gasteiger partial charge >= 0.3 is 0 Å². The van der Waals surface area contributed by atoms with Gasteiger partial charge in [-0.2, -0.15) is 5.10 Å². The predicted octanol–water partition coefficient (Wildman–Crippen LogP) is 4.57. The molecule has 4 nitrogen and oxygen atoms in total. The van der Waals surface area contributed by atoms with Gasteiger partial charge < -0.3 is 5.11 Å². The molecule has 0 saturated carbocycles. The van der Waals surface area contributed by atoms with Crippen molar-refractivity contribution in [3.63, 3.8) is 0 Å². The summed E-state index contributed by atoms with van der Waals surface area (Å²) in [7, 11) is 0. The second kappa shape index (κ2) is 7.64. The summed E-state index contributed by atoms with van der Waals surface area (Å²) in [5.41, 5.74) is 3.17. The number of benzene rings is 2. The summed E-state index contributed by atoms with van der Waals surface area (Å²) >= 11 is 5.96. The van der Waals surface area contributed by atoms with Gasteiger partial charge in [0.25, 0.3) is 0 Å². The molecule has 2 aromatic carbocycles. The van der Waals surface area contributed by atoms with Crippen molar-refractivity contribution in [2.24, 2.45) is 0 Å². The first-order chi connectivity index (χ1) is 12.5. The van der Waals surface area contributed by atoms with Gasteiger partial charge in [-0.3, -0.25) is 9.89 Å². The number of ketones is 1. The summed E-state index contributed by atoms with van der Waals surface area (Å²) in [6.07, 6.45) is 3.01. The Balaban J connectivity index is 1.78. The molecule has 132 valence electrons. The van der Waals surface area contributed by atoms with Gasteiger partial charge in [0.1, 0.15) is 5.82 Å². The lowest BCUT2D eigenvalue weighted by molar-refractivity contribution is 0.104. The van der Waals surface area contributed by atoms with Crippen LogP contribution in [0.1, 0.15) is 27.2 Å². The van der Waals surface area contributed by atoms with Crippen molar-refractivity contribution in [1.82, 2.24) is 10.2 Å². The number of hydrogen-bond donors (Lipinski definition) is 2. The monoisotopic (exact) mass is 370 g/mol. The van der Waals surface area contributed by atoms with E-state index < -0.39 is 5.82 Å². The summed E-state index contributed by atoms with van der Waals surface area (Å²) in [5, 5.41) is 16.5. The van der Waals surface area contributed by atoms with E-state index in [9.17, 15) is 9.18 Å². The standard InChI is InChI=1S/C20H16ClFN2O2/c1-12-8-14(3-6-17(12)21)20(26)7-4-15-10-19(24-23-15)16-5-2-13(11-25)9-18(16)22/h2-10,25H,11H2,1H3,(H,23,24)/b7-4+. The number of hydrogen-bond acceptors (Lipinski definition) is 3. The third-order valence-corrected chi connectivity index (χ3v) is 4.37. The van der Waals surface area contributed by atoms with Gasteiger partial charge in [-0.1, -0.05) is 17.7 Å². The average Bonchev–Trinajstić information content (AvgIpc) is 3.10. The number of aliphatic hydroxyl groups excluding tert-OH is 1. The molecule has 2 N–H and O–H groups in total. The largest absolute Gasteiger partial charge is 0.392 e. The highest BCUT2D eigenvalue weighted by atomic mass is 35.5. The Morgan fingerprint density at radius 1 is 1.27 bits per heavy atom. The lowest BCUT2D eigenvalue weighted by Crippen LogP contribution is -1.94. The summed E-state index contributed by atoms with van der Waals surface area (Å²) in [4.78, 5) is 12.2. The Labute approximate surface area is 155 Å². The zero-order valence-electron chi connectivity index (χ0n) is 14.0. The molecular weight excluding hydrogens is 355 g/mol. The van der Waals surface area contributed by atoms with Gasteiger partial charge in [-0.15, -0.1) is 0 Å². The fraction of sp³-hybridized carbons (Fsp3) is 0.100. The smallest absolute Gasteiger partial charge is 0.185 e. The minimum Gasteiger partial charge on any atom is -0.392 e. The molecular formula is C20H16ClFN2O2. The van der Waals surface area contributed by atoms with Gasteiger partial charge in [0, 0.05) is 16.1 Å². The van der Waals surface area contributed by atoms with E-state index >= 15 is 0 Å². The van der Waals surface area contributed by atoms with E-state index in [1.165, 1.54) is 12.1 Å². The molecule has 6 heteroatoms. The fourth-order valence-electron chi connectivity index (χ4n) is 2.48. The SMILES string of the molecule is Cc1cc(C(=O)/C=C/c2cc(-c3ccc(CO)cc3F)n[nH]2)ccc1Cl. The van der Waals surface area contributed by atoms with E-state index in [4.69, 9.17) is 16.7 Å². The number of aryl methyl sites for hydroxylation is 1. The van der Waals surface area contributed by atoms with Crippen LogP contribution in [-0.4, -0.2) is 21.1 Å². The summed E-state index contributed by atoms with van der Waals surface area (Å²) in [6, 6.07) is 11.2. The second-order valence-corrected chi connectivity index (χ2v) is 6.25. The number of H-pyrrole nitrogens is 1. The maximum atomic E-state index is 14.1. The van der Waals surface area contributed by atoms with Crippen LogP contribution in [0.2, 0.25) is 5.02 Å². The van der Waals surface area contributed by atoms with Crippen molar-refractivity contribution in [1.29, 1.82) is 0 Å². The maximum absolute atomic E-state index is 14.1. The lowest BCUT2D eigenvalue weighted by Gasteiger charge is -2.01. The molecule has 0 bridgehead atoms. The Morgan fingerprint density at radius 2 is 2.08 bits per heavy atom. The Bertz CT molecular complexity index is 995. The van der Waals surface area contributed by atoms with Crippen molar-refractivity contribution >= 4 is 23.5 Å². The van der Waals surface area contributed by atoms with Crippen LogP contribution in [0.4, 0.5) is 4.39 Å². The fourth-order valence-corrected chi connectivity index (χ4v) is 2.60. The molecule has 0 spiro atoms. The molecule has 3 aromatic rings. The van der Waals surface area contributed by atoms with Crippen LogP contribution < -0.4 is 0 Å². The van der Waals surface area contributed by atoms with Crippen LogP contribution in [0.5, 0.6) is 0 Å². The van der Waals surface area contributed by atoms with Crippen LogP contribution in [-0.2, 0) is 6.61 Å². The Kier molecular flexibility index (Phi) is 5.30. The molecule has 0 aliphatic carbocycles. The molecule has 0 aliphatic heterocycles. The van der Waals surface area contributed by atoms with Crippen molar-refractivity contribution in [2.75, 3.05) is 0 Å². The molecule has 1 aromatic heterocycles. The average molecular weight is 371 g/mol. The summed E-state index contributed by atoms with van der Waals surface area (Å²) in [6.45, 7) is 1.61. The normalized spacial score (nSPS) is 11.2. The number of aromatic amines is 1. The highest BCUT2D eigenvalue weighted by Gasteiger charge is 2.10. The van der Waals surface area contributed by atoms with Gasteiger partial charge in [0.15, 0.2) is 5.78 Å². The zero-order valence-corrected chi connectivity index (χ0v) is 14.7. The molecule has 0 unspecified atom stereocenters. The van der Waals surface area contributed by atoms with Crippen LogP contribution in [0.15, 0.2) is 48.5 Å². The number of carbonyl (C=O) groups excluding carboxylic acids is 1. The Hall–Kier alpha value is -2.76. The number of aromatic nitrogens is 2. The number of allylic oxidation sites excluding steroid dienone is 1. The first kappa shape index (κ1) is 18.0. The molecule has 0 fully saturated rings. The van der Waals surface area contributed by atoms with Crippen molar-refractivity contribution in [3.8, 4) is 11.3 Å². The molecule has 0 saturated heterocycles. The van der Waals surface area contributed by atoms with Gasteiger partial charge in [0.05, 0.1) is 18.0 Å². The number of rotatable bonds is 5. The molecule has 0 atom stereocenters. The summed E-state index contributed by atoms with van der Waals surface area (Å²) < 4.78 is 14.1. The van der Waals surface area contributed by atoms with E-state index in [2.05, 4.69) is 10.2 Å². The maximum Gasteiger partial charge on any atom is 0.185 e. The first-order valence-corrected chi connectivity index (χ1v) is 8.29. The van der Waals surface area contributed by atoms with Gasteiger partial charge in [-0.05, 0) is 66.6 Å². The molecule has 26 heavy (non-hydrogen) atoms. The third-order valence-electron chi connectivity index (χ3n) is 3.95. The van der Waals surface area contributed by atoms with E-state index in [-0.39, 0.29) is 12.4 Å². The van der Waals surface area contributed by atoms with E-state index in [1.807, 2.05) is 6.92 Å². The molecule has 1 heterocycles. The number of nitrogens with one attached hydrogen (secondary N) is 1. The van der Waals surface area contributed by atoms with Crippen molar-refractivity contribution in [3.05, 3.63) is 81.8 Å². The number of carbonyl (C=O) groups is 1. The quantitative estimate of drug-likeness (QED) is 0.511. The first-order valence-electron chi connectivity index (χ1n) is 7.91. The third kappa shape index (κ3) is 3.90. The van der Waals surface area contributed by atoms with Crippen molar-refractivity contribution < 1.29 is 14.3 Å². The topological polar surface area (TPSA) is 66.0 Å². The zero-order chi connectivity index (χ0) is 18.7. The molecule has 3 rings (SSSR count). The highest BCUT2D eigenvalue weighted by molar-refractivity contribution is 6.31. The predicted molar refractivity (Wildman–Crippen MR) is 99.5 cm³/mol. The number of halogens is 2. The molecule has 0 radical (unpaired) electrons. The van der Waals surface area contributed by atoms with Crippen LogP contribution in [0, 0.1) is 12.7 Å². The van der Waals surface area contributed by atoms with Crippen molar-refractivity contribution in [2.45, 2.75) is 13.5 Å². The minimum absolute atomic E-state index is 0.167. The number of nitrogens with zero attached hydrogens (tertiary/aromatic N) is 1. The van der Waals surface area contributed by atoms with E-state index in [0.29, 0.717) is 33.1 Å². The summed E-state index contributed by atoms with van der Waals surface area (Å²) in [5.74, 6) is -0.634. The van der Waals surface area contributed by atoms with Crippen LogP contribution in [0.3, 0.4) is 0 Å². The van der Waals surface area contributed by atoms with Crippen LogP contribution in [0.25, 0.3) is 17.3 Å². The lowest BCUT2D eigenvalue weighted by atomic mass is 10.1. The molecule has 0 amide bonds. The van der Waals surface area contributed by atoms with Gasteiger partial charge in [0.2, 0.25) is 0 Å². The van der Waals surface area contributed by atoms with Gasteiger partial charge in [-0.25, -0.2) is 4.39 Å². The highest BCUT2D eigenvalue weighted by Crippen LogP contribution is 2.23. The second-order valence-electron chi connectivity index (χ2n) is 5.84.